The summed E-state index contributed by atoms with van der Waals surface area (Å²) in [4.78, 5) is 26.0. The fourth-order valence-electron chi connectivity index (χ4n) is 3.87. The Kier molecular flexibility index (Phi) is 5.51. The van der Waals surface area contributed by atoms with Gasteiger partial charge in [-0.2, -0.15) is 0 Å². The first-order valence-corrected chi connectivity index (χ1v) is 9.74. The van der Waals surface area contributed by atoms with E-state index in [1.165, 1.54) is 11.8 Å². The fraction of sp³-hybridized carbons (Fsp3) is 0.474. The number of aromatic nitrogens is 3. The predicted molar refractivity (Wildman–Crippen MR) is 103 cm³/mol. The van der Waals surface area contributed by atoms with Crippen molar-refractivity contribution in [3.8, 4) is 0 Å². The molecule has 2 aromatic rings. The number of piperidine rings is 1. The number of halogens is 2. The molecule has 160 valence electrons. The lowest BCUT2D eigenvalue weighted by molar-refractivity contribution is -0.119. The first-order valence-electron chi connectivity index (χ1n) is 9.74. The maximum absolute atomic E-state index is 14.9. The van der Waals surface area contributed by atoms with Gasteiger partial charge in [0.15, 0.2) is 11.6 Å². The number of nitrogens with one attached hydrogen (secondary N) is 1. The largest absolute Gasteiger partial charge is 0.442 e. The lowest BCUT2D eigenvalue weighted by Gasteiger charge is -2.34. The van der Waals surface area contributed by atoms with Crippen molar-refractivity contribution in [1.29, 1.82) is 0 Å². The quantitative estimate of drug-likeness (QED) is 0.794. The topological polar surface area (TPSA) is 92.6 Å². The summed E-state index contributed by atoms with van der Waals surface area (Å²) in [5.41, 5.74) is -0.0141. The van der Waals surface area contributed by atoms with Crippen LogP contribution in [0.1, 0.15) is 25.8 Å². The van der Waals surface area contributed by atoms with Crippen molar-refractivity contribution in [2.24, 2.45) is 0 Å². The van der Waals surface area contributed by atoms with E-state index in [1.54, 1.807) is 22.0 Å². The van der Waals surface area contributed by atoms with Gasteiger partial charge in [-0.1, -0.05) is 5.21 Å². The molecule has 9 nitrogen and oxygen atoms in total. The highest BCUT2D eigenvalue weighted by Gasteiger charge is 2.34. The zero-order valence-electron chi connectivity index (χ0n) is 16.4. The maximum Gasteiger partial charge on any atom is 0.414 e. The molecule has 2 aliphatic heterocycles. The molecule has 30 heavy (non-hydrogen) atoms. The normalized spacial score (nSPS) is 19.8. The lowest BCUT2D eigenvalue weighted by Crippen LogP contribution is -2.36. The van der Waals surface area contributed by atoms with Crippen LogP contribution in [0.5, 0.6) is 0 Å². The summed E-state index contributed by atoms with van der Waals surface area (Å²) in [5.74, 6) is -1.72. The van der Waals surface area contributed by atoms with Crippen LogP contribution in [0.2, 0.25) is 0 Å². The van der Waals surface area contributed by atoms with Gasteiger partial charge in [-0.25, -0.2) is 18.3 Å². The van der Waals surface area contributed by atoms with Crippen LogP contribution >= 0.6 is 0 Å². The van der Waals surface area contributed by atoms with Gasteiger partial charge in [0.1, 0.15) is 11.8 Å². The van der Waals surface area contributed by atoms with Crippen molar-refractivity contribution in [3.05, 3.63) is 36.2 Å². The van der Waals surface area contributed by atoms with Gasteiger partial charge < -0.3 is 15.0 Å². The van der Waals surface area contributed by atoms with Crippen molar-refractivity contribution in [1.82, 2.24) is 20.3 Å². The number of amides is 2. The number of nitrogens with zero attached hydrogens (tertiary/aromatic N) is 5. The summed E-state index contributed by atoms with van der Waals surface area (Å²) < 4.78 is 36.6. The molecule has 0 spiro atoms. The second-order valence-electron chi connectivity index (χ2n) is 7.41. The number of benzene rings is 1. The van der Waals surface area contributed by atoms with E-state index in [0.717, 1.165) is 12.1 Å². The highest BCUT2D eigenvalue weighted by molar-refractivity contribution is 5.90. The number of hydrogen-bond donors (Lipinski definition) is 1. The van der Waals surface area contributed by atoms with Gasteiger partial charge in [0.05, 0.1) is 31.0 Å². The number of ether oxygens (including phenoxy) is 1. The fourth-order valence-corrected chi connectivity index (χ4v) is 3.87. The van der Waals surface area contributed by atoms with Crippen LogP contribution in [-0.2, 0) is 9.53 Å². The van der Waals surface area contributed by atoms with E-state index in [1.807, 2.05) is 0 Å². The molecule has 0 radical (unpaired) electrons. The van der Waals surface area contributed by atoms with E-state index >= 15 is 0 Å². The predicted octanol–water partition coefficient (Wildman–Crippen LogP) is 1.86. The summed E-state index contributed by atoms with van der Waals surface area (Å²) >= 11 is 0. The molecule has 0 bridgehead atoms. The van der Waals surface area contributed by atoms with Gasteiger partial charge in [0.25, 0.3) is 0 Å². The van der Waals surface area contributed by atoms with Crippen molar-refractivity contribution in [2.45, 2.75) is 31.9 Å². The Morgan fingerprint density at radius 3 is 2.57 bits per heavy atom. The average Bonchev–Trinajstić information content (AvgIpc) is 3.36. The monoisotopic (exact) mass is 420 g/mol. The third kappa shape index (κ3) is 4.05. The summed E-state index contributed by atoms with van der Waals surface area (Å²) in [6.45, 7) is 2.54. The summed E-state index contributed by atoms with van der Waals surface area (Å²) in [6, 6.07) is 2.43. The molecule has 2 amide bonds. The Labute approximate surface area is 171 Å². The van der Waals surface area contributed by atoms with Crippen LogP contribution in [0, 0.1) is 11.6 Å². The second-order valence-corrected chi connectivity index (χ2v) is 7.41. The molecule has 2 fully saturated rings. The Hall–Kier alpha value is -3.24. The third-order valence-corrected chi connectivity index (χ3v) is 5.36. The summed E-state index contributed by atoms with van der Waals surface area (Å²) in [5, 5.41) is 10.4. The molecule has 2 saturated heterocycles. The molecule has 4 rings (SSSR count). The Balaban J connectivity index is 1.45. The molecule has 3 heterocycles. The molecule has 1 N–H and O–H groups in total. The number of rotatable bonds is 5. The minimum atomic E-state index is -0.734. The summed E-state index contributed by atoms with van der Waals surface area (Å²) in [6.07, 6.45) is 3.48. The SMILES string of the molecule is CC(=O)NCC1CN(c2cc(F)c(N3CCC(n4ccnn4)CC3)c(F)c2)C(=O)O1. The third-order valence-electron chi connectivity index (χ3n) is 5.36. The molecule has 1 aromatic carbocycles. The Morgan fingerprint density at radius 2 is 1.97 bits per heavy atom. The molecule has 1 unspecified atom stereocenters. The maximum atomic E-state index is 14.9. The van der Waals surface area contributed by atoms with Crippen LogP contribution in [0.25, 0.3) is 0 Å². The van der Waals surface area contributed by atoms with E-state index in [2.05, 4.69) is 15.6 Å². The van der Waals surface area contributed by atoms with Crippen molar-refractivity contribution >= 4 is 23.4 Å². The van der Waals surface area contributed by atoms with Gasteiger partial charge in [-0.15, -0.1) is 5.10 Å². The molecule has 11 heteroatoms. The highest BCUT2D eigenvalue weighted by atomic mass is 19.1. The van der Waals surface area contributed by atoms with Crippen molar-refractivity contribution in [3.63, 3.8) is 0 Å². The van der Waals surface area contributed by atoms with E-state index in [-0.39, 0.29) is 36.4 Å². The number of hydrogen-bond acceptors (Lipinski definition) is 6. The van der Waals surface area contributed by atoms with Crippen LogP contribution in [0.4, 0.5) is 25.0 Å². The van der Waals surface area contributed by atoms with Gasteiger partial charge in [0, 0.05) is 38.3 Å². The second kappa shape index (κ2) is 8.25. The van der Waals surface area contributed by atoms with E-state index in [9.17, 15) is 18.4 Å². The molecular formula is C19H22F2N6O3. The molecule has 2 aliphatic rings. The highest BCUT2D eigenvalue weighted by Crippen LogP contribution is 2.33. The Bertz CT molecular complexity index is 907. The molecular weight excluding hydrogens is 398 g/mol. The van der Waals surface area contributed by atoms with Crippen molar-refractivity contribution < 1.29 is 23.1 Å². The van der Waals surface area contributed by atoms with Crippen LogP contribution in [-0.4, -0.2) is 59.3 Å². The minimum Gasteiger partial charge on any atom is -0.442 e. The number of anilines is 2. The van der Waals surface area contributed by atoms with Gasteiger partial charge in [-0.05, 0) is 12.8 Å². The van der Waals surface area contributed by atoms with Gasteiger partial charge in [-0.3, -0.25) is 9.69 Å². The lowest BCUT2D eigenvalue weighted by atomic mass is 10.0. The zero-order valence-corrected chi connectivity index (χ0v) is 16.4. The van der Waals surface area contributed by atoms with Gasteiger partial charge >= 0.3 is 6.09 Å². The van der Waals surface area contributed by atoms with Gasteiger partial charge in [0.2, 0.25) is 5.91 Å². The van der Waals surface area contributed by atoms with Crippen LogP contribution in [0.3, 0.4) is 0 Å². The molecule has 0 aliphatic carbocycles. The molecule has 1 aromatic heterocycles. The summed E-state index contributed by atoms with van der Waals surface area (Å²) in [7, 11) is 0. The number of carbonyl (C=O) groups is 2. The van der Waals surface area contributed by atoms with E-state index < -0.39 is 23.8 Å². The zero-order chi connectivity index (χ0) is 21.3. The van der Waals surface area contributed by atoms with E-state index in [4.69, 9.17) is 4.74 Å². The molecule has 0 saturated carbocycles. The Morgan fingerprint density at radius 1 is 1.27 bits per heavy atom. The number of carbonyl (C=O) groups excluding carboxylic acids is 2. The first kappa shape index (κ1) is 20.0. The first-order chi connectivity index (χ1) is 14.4. The van der Waals surface area contributed by atoms with Crippen LogP contribution < -0.4 is 15.1 Å². The molecule has 1 atom stereocenters. The number of cyclic esters (lactones) is 1. The van der Waals surface area contributed by atoms with Crippen molar-refractivity contribution in [2.75, 3.05) is 36.0 Å². The standard InChI is InChI=1S/C19H22F2N6O3/c1-12(28)22-10-15-11-26(19(29)30-15)14-8-16(20)18(17(21)9-14)25-5-2-13(3-6-25)27-7-4-23-24-27/h4,7-9,13,15H,2-3,5-6,10-11H2,1H3,(H,22,28). The minimum absolute atomic E-state index is 0.0848. The smallest absolute Gasteiger partial charge is 0.414 e. The van der Waals surface area contributed by atoms with Crippen LogP contribution in [0.15, 0.2) is 24.5 Å². The van der Waals surface area contributed by atoms with E-state index in [0.29, 0.717) is 25.9 Å². The average molecular weight is 420 g/mol.